The van der Waals surface area contributed by atoms with E-state index in [-0.39, 0.29) is 12.4 Å². The molecule has 0 radical (unpaired) electrons. The Morgan fingerprint density at radius 2 is 1.76 bits per heavy atom. The summed E-state index contributed by atoms with van der Waals surface area (Å²) in [6, 6.07) is 29.2. The molecule has 1 N–H and O–H groups in total. The third-order valence-corrected chi connectivity index (χ3v) is 7.38. The minimum Gasteiger partial charge on any atom is -0.497 e. The lowest BCUT2D eigenvalue weighted by molar-refractivity contribution is -0.134. The highest BCUT2D eigenvalue weighted by molar-refractivity contribution is 5.96. The molecule has 0 saturated carbocycles. The summed E-state index contributed by atoms with van der Waals surface area (Å²) in [4.78, 5) is 12.2. The number of methoxy groups -OCH3 is 1. The maximum absolute atomic E-state index is 12.2. The molecule has 0 aromatic heterocycles. The van der Waals surface area contributed by atoms with Crippen molar-refractivity contribution in [2.24, 2.45) is 0 Å². The number of ether oxygens (including phenoxy) is 5. The van der Waals surface area contributed by atoms with E-state index in [1.165, 1.54) is 0 Å². The topological polar surface area (TPSA) is 83.5 Å². The van der Waals surface area contributed by atoms with Crippen molar-refractivity contribution in [3.8, 4) is 23.0 Å². The van der Waals surface area contributed by atoms with Gasteiger partial charge in [-0.15, -0.1) is 0 Å². The molecule has 0 amide bonds. The van der Waals surface area contributed by atoms with Crippen molar-refractivity contribution in [1.82, 2.24) is 0 Å². The molecule has 0 bridgehead atoms. The first-order chi connectivity index (χ1) is 20.1. The molecule has 2 aliphatic rings. The molecule has 1 aliphatic carbocycles. The van der Waals surface area contributed by atoms with Crippen LogP contribution in [0.5, 0.6) is 23.0 Å². The summed E-state index contributed by atoms with van der Waals surface area (Å²) in [6.07, 6.45) is 1.74. The fraction of sp³-hybridized carbons (Fsp3) is 0.206. The molecule has 2 atom stereocenters. The van der Waals surface area contributed by atoms with E-state index in [0.29, 0.717) is 36.7 Å². The van der Waals surface area contributed by atoms with Crippen molar-refractivity contribution in [2.45, 2.75) is 31.7 Å². The van der Waals surface area contributed by atoms with Crippen molar-refractivity contribution >= 4 is 12.0 Å². The summed E-state index contributed by atoms with van der Waals surface area (Å²) >= 11 is 0. The number of carboxylic acids is 1. The first-order valence-electron chi connectivity index (χ1n) is 13.5. The van der Waals surface area contributed by atoms with Crippen LogP contribution in [-0.2, 0) is 22.6 Å². The summed E-state index contributed by atoms with van der Waals surface area (Å²) in [5.41, 5.74) is 4.85. The van der Waals surface area contributed by atoms with Gasteiger partial charge in [-0.1, -0.05) is 66.7 Å². The number of benzene rings is 4. The highest BCUT2D eigenvalue weighted by Crippen LogP contribution is 2.43. The lowest BCUT2D eigenvalue weighted by atomic mass is 9.98. The Labute approximate surface area is 238 Å². The second kappa shape index (κ2) is 11.8. The van der Waals surface area contributed by atoms with E-state index in [1.807, 2.05) is 91.0 Å². The Balaban J connectivity index is 1.29. The average Bonchev–Trinajstić information content (AvgIpc) is 3.63. The molecule has 41 heavy (non-hydrogen) atoms. The normalized spacial score (nSPS) is 15.6. The standard InChI is InChI=1S/C34H30O7/c1-37-26-14-11-23(31(19-26)38-20-22-7-3-2-4-8-22)12-15-29(25-13-16-30-32(18-25)40-21-39-30)41-33-27-10-6-5-9-24(27)17-28(33)34(35)36/h2-11,13-14,16-19,29,33H,12,15,20-21H2,1H3,(H,35,36)/t29-,33?/m0/s1. The van der Waals surface area contributed by atoms with E-state index in [2.05, 4.69) is 0 Å². The molecule has 1 aliphatic heterocycles. The fourth-order valence-corrected chi connectivity index (χ4v) is 5.23. The van der Waals surface area contributed by atoms with Crippen LogP contribution in [-0.4, -0.2) is 25.0 Å². The molecule has 0 spiro atoms. The zero-order valence-corrected chi connectivity index (χ0v) is 22.6. The number of carboxylic acid groups (broad SMARTS) is 1. The summed E-state index contributed by atoms with van der Waals surface area (Å²) in [6.45, 7) is 0.592. The van der Waals surface area contributed by atoms with Gasteiger partial charge in [0.05, 0.1) is 18.8 Å². The molecular weight excluding hydrogens is 520 g/mol. The van der Waals surface area contributed by atoms with Gasteiger partial charge in [0, 0.05) is 6.07 Å². The molecule has 7 heteroatoms. The van der Waals surface area contributed by atoms with E-state index in [9.17, 15) is 9.90 Å². The summed E-state index contributed by atoms with van der Waals surface area (Å²) in [7, 11) is 1.63. The molecule has 1 unspecified atom stereocenters. The van der Waals surface area contributed by atoms with Crippen molar-refractivity contribution in [3.05, 3.63) is 124 Å². The number of fused-ring (bicyclic) bond motifs is 2. The van der Waals surface area contributed by atoms with Crippen LogP contribution < -0.4 is 18.9 Å². The largest absolute Gasteiger partial charge is 0.497 e. The third kappa shape index (κ3) is 5.76. The number of aryl methyl sites for hydroxylation is 1. The fourth-order valence-electron chi connectivity index (χ4n) is 5.23. The van der Waals surface area contributed by atoms with E-state index >= 15 is 0 Å². The smallest absolute Gasteiger partial charge is 0.334 e. The summed E-state index contributed by atoms with van der Waals surface area (Å²) < 4.78 is 29.5. The SMILES string of the molecule is COc1ccc(CC[C@H](OC2C(C(=O)O)=Cc3ccccc32)c2ccc3c(c2)OCO3)c(OCc2ccccc2)c1. The van der Waals surface area contributed by atoms with Crippen LogP contribution in [0.15, 0.2) is 96.6 Å². The number of hydrogen-bond donors (Lipinski definition) is 1. The van der Waals surface area contributed by atoms with Crippen molar-refractivity contribution in [2.75, 3.05) is 13.9 Å². The Morgan fingerprint density at radius 3 is 2.59 bits per heavy atom. The quantitative estimate of drug-likeness (QED) is 0.217. The van der Waals surface area contributed by atoms with Crippen molar-refractivity contribution in [1.29, 1.82) is 0 Å². The molecule has 4 aromatic carbocycles. The Morgan fingerprint density at radius 1 is 0.951 bits per heavy atom. The molecule has 0 fully saturated rings. The van der Waals surface area contributed by atoms with Gasteiger partial charge < -0.3 is 28.8 Å². The van der Waals surface area contributed by atoms with Crippen molar-refractivity contribution in [3.63, 3.8) is 0 Å². The first-order valence-corrected chi connectivity index (χ1v) is 13.5. The predicted molar refractivity (Wildman–Crippen MR) is 153 cm³/mol. The molecule has 7 nitrogen and oxygen atoms in total. The maximum atomic E-state index is 12.2. The van der Waals surface area contributed by atoms with Gasteiger partial charge >= 0.3 is 5.97 Å². The Hall–Kier alpha value is -4.75. The second-order valence-electron chi connectivity index (χ2n) is 9.94. The van der Waals surface area contributed by atoms with Gasteiger partial charge in [0.15, 0.2) is 11.5 Å². The number of aliphatic carboxylic acids is 1. The van der Waals surface area contributed by atoms with Gasteiger partial charge in [-0.3, -0.25) is 0 Å². The molecule has 1 heterocycles. The number of carbonyl (C=O) groups is 1. The first kappa shape index (κ1) is 26.5. The van der Waals surface area contributed by atoms with E-state index in [4.69, 9.17) is 23.7 Å². The molecule has 6 rings (SSSR count). The van der Waals surface area contributed by atoms with Gasteiger partial charge in [0.1, 0.15) is 24.2 Å². The van der Waals surface area contributed by atoms with Crippen LogP contribution in [0.25, 0.3) is 6.08 Å². The monoisotopic (exact) mass is 550 g/mol. The van der Waals surface area contributed by atoms with Crippen LogP contribution in [0.2, 0.25) is 0 Å². The minimum absolute atomic E-state index is 0.167. The average molecular weight is 551 g/mol. The minimum atomic E-state index is -0.998. The lowest BCUT2D eigenvalue weighted by Gasteiger charge is -2.25. The molecule has 4 aromatic rings. The number of hydrogen-bond acceptors (Lipinski definition) is 6. The van der Waals surface area contributed by atoms with E-state index < -0.39 is 18.2 Å². The lowest BCUT2D eigenvalue weighted by Crippen LogP contribution is -2.16. The Kier molecular flexibility index (Phi) is 7.60. The van der Waals surface area contributed by atoms with Crippen LogP contribution in [0.3, 0.4) is 0 Å². The van der Waals surface area contributed by atoms with Gasteiger partial charge in [0.25, 0.3) is 0 Å². The summed E-state index contributed by atoms with van der Waals surface area (Å²) in [5, 5.41) is 10.00. The van der Waals surface area contributed by atoms with Gasteiger partial charge in [-0.25, -0.2) is 4.79 Å². The zero-order valence-electron chi connectivity index (χ0n) is 22.6. The van der Waals surface area contributed by atoms with Crippen LogP contribution in [0, 0.1) is 0 Å². The highest BCUT2D eigenvalue weighted by Gasteiger charge is 2.33. The van der Waals surface area contributed by atoms with Gasteiger partial charge in [-0.05, 0) is 64.9 Å². The molecular formula is C34H30O7. The molecule has 208 valence electrons. The Bertz CT molecular complexity index is 1580. The van der Waals surface area contributed by atoms with Crippen LogP contribution in [0.1, 0.15) is 46.4 Å². The third-order valence-electron chi connectivity index (χ3n) is 7.38. The van der Waals surface area contributed by atoms with Gasteiger partial charge in [-0.2, -0.15) is 0 Å². The van der Waals surface area contributed by atoms with Gasteiger partial charge in [0.2, 0.25) is 6.79 Å². The van der Waals surface area contributed by atoms with E-state index in [0.717, 1.165) is 33.6 Å². The second-order valence-corrected chi connectivity index (χ2v) is 9.94. The summed E-state index contributed by atoms with van der Waals surface area (Å²) in [5.74, 6) is 1.77. The van der Waals surface area contributed by atoms with Crippen LogP contribution in [0.4, 0.5) is 0 Å². The maximum Gasteiger partial charge on any atom is 0.334 e. The molecule has 0 saturated heterocycles. The van der Waals surface area contributed by atoms with Crippen molar-refractivity contribution < 1.29 is 33.6 Å². The predicted octanol–water partition coefficient (Wildman–Crippen LogP) is 6.92. The highest BCUT2D eigenvalue weighted by atomic mass is 16.7. The number of rotatable bonds is 11. The van der Waals surface area contributed by atoms with E-state index in [1.54, 1.807) is 13.2 Å². The van der Waals surface area contributed by atoms with Crippen LogP contribution >= 0.6 is 0 Å². The zero-order chi connectivity index (χ0) is 28.2.